The Labute approximate surface area is 116 Å². The molecule has 0 unspecified atom stereocenters. The van der Waals surface area contributed by atoms with Gasteiger partial charge in [0.05, 0.1) is 5.56 Å². The predicted octanol–water partition coefficient (Wildman–Crippen LogP) is 4.34. The van der Waals surface area contributed by atoms with E-state index < -0.39 is 29.1 Å². The fourth-order valence-corrected chi connectivity index (χ4v) is 1.60. The highest BCUT2D eigenvalue weighted by Gasteiger charge is 2.30. The van der Waals surface area contributed by atoms with Gasteiger partial charge < -0.3 is 9.84 Å². The molecule has 0 heterocycles. The lowest BCUT2D eigenvalue weighted by Crippen LogP contribution is -2.04. The first-order valence-corrected chi connectivity index (χ1v) is 5.65. The molecule has 0 atom stereocenters. The van der Waals surface area contributed by atoms with E-state index in [0.717, 1.165) is 42.5 Å². The van der Waals surface area contributed by atoms with Gasteiger partial charge in [0.15, 0.2) is 0 Å². The van der Waals surface area contributed by atoms with Gasteiger partial charge in [-0.15, -0.1) is 0 Å². The minimum Gasteiger partial charge on any atom is -0.478 e. The smallest absolute Gasteiger partial charge is 0.416 e. The molecular weight excluding hydrogens is 292 g/mol. The summed E-state index contributed by atoms with van der Waals surface area (Å²) in [5.41, 5.74) is -1.28. The van der Waals surface area contributed by atoms with Gasteiger partial charge in [0, 0.05) is 0 Å². The van der Waals surface area contributed by atoms with Gasteiger partial charge in [-0.25, -0.2) is 9.18 Å². The summed E-state index contributed by atoms with van der Waals surface area (Å²) in [7, 11) is 0. The van der Waals surface area contributed by atoms with Gasteiger partial charge in [0.1, 0.15) is 22.9 Å². The minimum absolute atomic E-state index is 0.0112. The summed E-state index contributed by atoms with van der Waals surface area (Å²) < 4.78 is 55.4. The van der Waals surface area contributed by atoms with Crippen molar-refractivity contribution in [3.8, 4) is 11.5 Å². The molecule has 0 aliphatic rings. The molecule has 0 amide bonds. The number of benzene rings is 2. The van der Waals surface area contributed by atoms with Crippen molar-refractivity contribution in [2.45, 2.75) is 6.18 Å². The first-order chi connectivity index (χ1) is 9.77. The summed E-state index contributed by atoms with van der Waals surface area (Å²) >= 11 is 0. The number of aromatic carboxylic acids is 1. The van der Waals surface area contributed by atoms with E-state index in [9.17, 15) is 22.4 Å². The third-order valence-electron chi connectivity index (χ3n) is 2.58. The lowest BCUT2D eigenvalue weighted by molar-refractivity contribution is -0.137. The molecule has 0 aliphatic heterocycles. The van der Waals surface area contributed by atoms with Gasteiger partial charge in [0.25, 0.3) is 0 Å². The molecule has 2 rings (SSSR count). The predicted molar refractivity (Wildman–Crippen MR) is 64.9 cm³/mol. The van der Waals surface area contributed by atoms with E-state index in [1.807, 2.05) is 0 Å². The van der Waals surface area contributed by atoms with Crippen molar-refractivity contribution in [2.75, 3.05) is 0 Å². The summed E-state index contributed by atoms with van der Waals surface area (Å²) in [5, 5.41) is 8.92. The van der Waals surface area contributed by atoms with Crippen LogP contribution in [0.3, 0.4) is 0 Å². The van der Waals surface area contributed by atoms with E-state index >= 15 is 0 Å². The molecule has 0 aromatic heterocycles. The van der Waals surface area contributed by atoms with Gasteiger partial charge >= 0.3 is 12.1 Å². The van der Waals surface area contributed by atoms with Crippen molar-refractivity contribution < 1.29 is 32.2 Å². The molecule has 3 nitrogen and oxygen atoms in total. The number of carboxylic acids is 1. The van der Waals surface area contributed by atoms with E-state index in [2.05, 4.69) is 0 Å². The maximum absolute atomic E-state index is 13.0. The van der Waals surface area contributed by atoms with Crippen LogP contribution >= 0.6 is 0 Å². The van der Waals surface area contributed by atoms with Gasteiger partial charge in [-0.3, -0.25) is 0 Å². The SMILES string of the molecule is O=C(O)c1cc(F)ccc1Oc1ccc(C(F)(F)F)cc1. The first-order valence-electron chi connectivity index (χ1n) is 5.65. The summed E-state index contributed by atoms with van der Waals surface area (Å²) in [6.45, 7) is 0. The third kappa shape index (κ3) is 3.50. The van der Waals surface area contributed by atoms with Crippen LogP contribution in [0.25, 0.3) is 0 Å². The molecule has 0 spiro atoms. The van der Waals surface area contributed by atoms with E-state index in [-0.39, 0.29) is 11.5 Å². The van der Waals surface area contributed by atoms with Crippen LogP contribution in [0.4, 0.5) is 17.6 Å². The Morgan fingerprint density at radius 1 is 1.05 bits per heavy atom. The molecule has 0 radical (unpaired) electrons. The Hall–Kier alpha value is -2.57. The van der Waals surface area contributed by atoms with Crippen LogP contribution in [-0.2, 0) is 6.18 Å². The molecule has 0 saturated carbocycles. The Balaban J connectivity index is 2.28. The van der Waals surface area contributed by atoms with E-state index in [4.69, 9.17) is 9.84 Å². The second-order valence-corrected chi connectivity index (χ2v) is 4.07. The molecular formula is C14H8F4O3. The van der Waals surface area contributed by atoms with Crippen LogP contribution in [0.1, 0.15) is 15.9 Å². The van der Waals surface area contributed by atoms with Crippen molar-refractivity contribution in [2.24, 2.45) is 0 Å². The zero-order chi connectivity index (χ0) is 15.6. The van der Waals surface area contributed by atoms with Gasteiger partial charge in [-0.05, 0) is 42.5 Å². The quantitative estimate of drug-likeness (QED) is 0.858. The highest BCUT2D eigenvalue weighted by molar-refractivity contribution is 5.91. The Kier molecular flexibility index (Phi) is 3.84. The summed E-state index contributed by atoms with van der Waals surface area (Å²) in [4.78, 5) is 11.0. The minimum atomic E-state index is -4.47. The molecule has 0 fully saturated rings. The van der Waals surface area contributed by atoms with Crippen LogP contribution in [0.15, 0.2) is 42.5 Å². The average Bonchev–Trinajstić information content (AvgIpc) is 2.40. The Morgan fingerprint density at radius 3 is 2.19 bits per heavy atom. The molecule has 0 saturated heterocycles. The maximum Gasteiger partial charge on any atom is 0.416 e. The molecule has 2 aromatic rings. The fourth-order valence-electron chi connectivity index (χ4n) is 1.60. The lowest BCUT2D eigenvalue weighted by Gasteiger charge is -2.10. The van der Waals surface area contributed by atoms with Crippen molar-refractivity contribution in [1.82, 2.24) is 0 Å². The zero-order valence-electron chi connectivity index (χ0n) is 10.3. The van der Waals surface area contributed by atoms with E-state index in [1.165, 1.54) is 0 Å². The van der Waals surface area contributed by atoms with Crippen LogP contribution in [0, 0.1) is 5.82 Å². The molecule has 0 aliphatic carbocycles. The largest absolute Gasteiger partial charge is 0.478 e. The lowest BCUT2D eigenvalue weighted by atomic mass is 10.2. The second kappa shape index (κ2) is 5.43. The molecule has 21 heavy (non-hydrogen) atoms. The molecule has 2 aromatic carbocycles. The number of alkyl halides is 3. The monoisotopic (exact) mass is 300 g/mol. The highest BCUT2D eigenvalue weighted by Crippen LogP contribution is 2.32. The van der Waals surface area contributed by atoms with Crippen LogP contribution in [0.2, 0.25) is 0 Å². The number of hydrogen-bond donors (Lipinski definition) is 1. The Morgan fingerprint density at radius 2 is 1.67 bits per heavy atom. The highest BCUT2D eigenvalue weighted by atomic mass is 19.4. The topological polar surface area (TPSA) is 46.5 Å². The van der Waals surface area contributed by atoms with Crippen LogP contribution in [0.5, 0.6) is 11.5 Å². The fraction of sp³-hybridized carbons (Fsp3) is 0.0714. The molecule has 110 valence electrons. The van der Waals surface area contributed by atoms with Gasteiger partial charge in [-0.2, -0.15) is 13.2 Å². The van der Waals surface area contributed by atoms with E-state index in [1.54, 1.807) is 0 Å². The number of ether oxygens (including phenoxy) is 1. The summed E-state index contributed by atoms with van der Waals surface area (Å²) in [5.74, 6) is -2.32. The number of halogens is 4. The van der Waals surface area contributed by atoms with Crippen molar-refractivity contribution >= 4 is 5.97 Å². The van der Waals surface area contributed by atoms with Crippen LogP contribution < -0.4 is 4.74 Å². The number of hydrogen-bond acceptors (Lipinski definition) is 2. The molecule has 7 heteroatoms. The van der Waals surface area contributed by atoms with Gasteiger partial charge in [0.2, 0.25) is 0 Å². The second-order valence-electron chi connectivity index (χ2n) is 4.07. The number of rotatable bonds is 3. The molecule has 1 N–H and O–H groups in total. The standard InChI is InChI=1S/C14H8F4O3/c15-9-3-6-12(11(7-9)13(19)20)21-10-4-1-8(2-5-10)14(16,17)18/h1-7H,(H,19,20). The Bertz CT molecular complexity index is 663. The normalized spacial score (nSPS) is 11.2. The first kappa shape index (κ1) is 14.8. The third-order valence-corrected chi connectivity index (χ3v) is 2.58. The number of carboxylic acid groups (broad SMARTS) is 1. The zero-order valence-corrected chi connectivity index (χ0v) is 10.3. The van der Waals surface area contributed by atoms with Crippen molar-refractivity contribution in [1.29, 1.82) is 0 Å². The van der Waals surface area contributed by atoms with Gasteiger partial charge in [-0.1, -0.05) is 0 Å². The number of carbonyl (C=O) groups is 1. The maximum atomic E-state index is 13.0. The van der Waals surface area contributed by atoms with Crippen molar-refractivity contribution in [3.63, 3.8) is 0 Å². The van der Waals surface area contributed by atoms with E-state index in [0.29, 0.717) is 0 Å². The van der Waals surface area contributed by atoms with Crippen LogP contribution in [-0.4, -0.2) is 11.1 Å². The van der Waals surface area contributed by atoms with Crippen molar-refractivity contribution in [3.05, 3.63) is 59.4 Å². The summed E-state index contributed by atoms with van der Waals surface area (Å²) in [6, 6.07) is 6.57. The molecule has 0 bridgehead atoms. The average molecular weight is 300 g/mol. The summed E-state index contributed by atoms with van der Waals surface area (Å²) in [6.07, 6.45) is -4.47.